The van der Waals surface area contributed by atoms with Gasteiger partial charge >= 0.3 is 0 Å². The second-order valence-electron chi connectivity index (χ2n) is 4.18. The molecule has 0 bridgehead atoms. The number of likely N-dealkylation sites (tertiary alicyclic amines) is 1. The minimum atomic E-state index is -0.906. The highest BCUT2D eigenvalue weighted by Crippen LogP contribution is 2.22. The molecule has 0 aromatic heterocycles. The van der Waals surface area contributed by atoms with Gasteiger partial charge in [-0.3, -0.25) is 9.59 Å². The standard InChI is InChI=1S/C10H18N2O3S/c1-3-8(10(11)14)12-5-7(4-9(12)13)6-16(2)15/h7-8H,3-6H2,1-2H3,(H2,11,14)/t7?,8-,16?/m0/s1. The van der Waals surface area contributed by atoms with Crippen molar-refractivity contribution in [2.75, 3.05) is 18.6 Å². The minimum absolute atomic E-state index is 0.0545. The molecule has 6 heteroatoms. The molecule has 2 unspecified atom stereocenters. The van der Waals surface area contributed by atoms with Crippen molar-refractivity contribution in [3.05, 3.63) is 0 Å². The number of hydrogen-bond acceptors (Lipinski definition) is 3. The van der Waals surface area contributed by atoms with Gasteiger partial charge in [0, 0.05) is 18.9 Å². The molecule has 1 saturated heterocycles. The van der Waals surface area contributed by atoms with Crippen molar-refractivity contribution in [3.63, 3.8) is 0 Å². The Balaban J connectivity index is 2.63. The first-order valence-corrected chi connectivity index (χ1v) is 7.07. The Hall–Kier alpha value is -0.750. The van der Waals surface area contributed by atoms with E-state index < -0.39 is 23.1 Å². The molecule has 1 heterocycles. The Morgan fingerprint density at radius 3 is 2.81 bits per heavy atom. The lowest BCUT2D eigenvalue weighted by molar-refractivity contribution is -0.136. The first-order valence-electron chi connectivity index (χ1n) is 5.34. The van der Waals surface area contributed by atoms with Crippen molar-refractivity contribution in [2.24, 2.45) is 11.7 Å². The number of hydrogen-bond donors (Lipinski definition) is 1. The van der Waals surface area contributed by atoms with Gasteiger partial charge in [-0.15, -0.1) is 0 Å². The van der Waals surface area contributed by atoms with Crippen LogP contribution in [0.4, 0.5) is 0 Å². The molecule has 2 amide bonds. The molecule has 0 aromatic carbocycles. The van der Waals surface area contributed by atoms with Gasteiger partial charge in [0.05, 0.1) is 6.26 Å². The van der Waals surface area contributed by atoms with Gasteiger partial charge in [0.1, 0.15) is 11.8 Å². The van der Waals surface area contributed by atoms with Crippen molar-refractivity contribution in [1.82, 2.24) is 4.90 Å². The molecule has 16 heavy (non-hydrogen) atoms. The number of carbonyl (C=O) groups is 2. The van der Waals surface area contributed by atoms with E-state index in [1.807, 2.05) is 6.92 Å². The summed E-state index contributed by atoms with van der Waals surface area (Å²) in [6.45, 7) is 2.33. The number of nitrogens with two attached hydrogens (primary N) is 1. The maximum absolute atomic E-state index is 11.7. The molecule has 1 aliphatic rings. The lowest BCUT2D eigenvalue weighted by Crippen LogP contribution is -2.45. The Labute approximate surface area is 98.5 Å². The third-order valence-electron chi connectivity index (χ3n) is 2.80. The van der Waals surface area contributed by atoms with Crippen LogP contribution < -0.4 is 5.73 Å². The lowest BCUT2D eigenvalue weighted by atomic mass is 10.1. The number of carbonyl (C=O) groups excluding carboxylic acids is 2. The van der Waals surface area contributed by atoms with E-state index in [4.69, 9.17) is 5.73 Å². The Morgan fingerprint density at radius 2 is 2.38 bits per heavy atom. The zero-order chi connectivity index (χ0) is 12.3. The second kappa shape index (κ2) is 5.54. The summed E-state index contributed by atoms with van der Waals surface area (Å²) in [4.78, 5) is 24.4. The van der Waals surface area contributed by atoms with E-state index in [-0.39, 0.29) is 11.8 Å². The topological polar surface area (TPSA) is 86.5 Å². The van der Waals surface area contributed by atoms with E-state index in [1.165, 1.54) is 4.90 Å². The summed E-state index contributed by atoms with van der Waals surface area (Å²) < 4.78 is 11.1. The molecular weight excluding hydrogens is 228 g/mol. The summed E-state index contributed by atoms with van der Waals surface area (Å²) in [5.41, 5.74) is 5.24. The molecule has 0 saturated carbocycles. The molecule has 0 radical (unpaired) electrons. The third-order valence-corrected chi connectivity index (χ3v) is 3.74. The fourth-order valence-electron chi connectivity index (χ4n) is 2.13. The zero-order valence-corrected chi connectivity index (χ0v) is 10.5. The average molecular weight is 246 g/mol. The molecule has 5 nitrogen and oxygen atoms in total. The minimum Gasteiger partial charge on any atom is -0.617 e. The molecule has 0 aromatic rings. The number of primary amides is 1. The summed E-state index contributed by atoms with van der Waals surface area (Å²) in [6.07, 6.45) is 2.53. The predicted octanol–water partition coefficient (Wildman–Crippen LogP) is -0.523. The monoisotopic (exact) mass is 246 g/mol. The van der Waals surface area contributed by atoms with Gasteiger partial charge in [0.2, 0.25) is 11.8 Å². The molecule has 3 atom stereocenters. The maximum atomic E-state index is 11.7. The highest BCUT2D eigenvalue weighted by Gasteiger charge is 2.37. The quantitative estimate of drug-likeness (QED) is 0.662. The van der Waals surface area contributed by atoms with Gasteiger partial charge < -0.3 is 15.2 Å². The predicted molar refractivity (Wildman–Crippen MR) is 62.0 cm³/mol. The van der Waals surface area contributed by atoms with Gasteiger partial charge in [0.25, 0.3) is 0 Å². The van der Waals surface area contributed by atoms with E-state index in [9.17, 15) is 14.1 Å². The number of nitrogens with zero attached hydrogens (tertiary/aromatic N) is 1. The van der Waals surface area contributed by atoms with Crippen LogP contribution in [-0.2, 0) is 20.8 Å². The van der Waals surface area contributed by atoms with Crippen LogP contribution in [0.1, 0.15) is 19.8 Å². The highest BCUT2D eigenvalue weighted by molar-refractivity contribution is 7.90. The fraction of sp³-hybridized carbons (Fsp3) is 0.800. The van der Waals surface area contributed by atoms with Gasteiger partial charge in [-0.25, -0.2) is 0 Å². The van der Waals surface area contributed by atoms with Crippen LogP contribution in [0, 0.1) is 5.92 Å². The van der Waals surface area contributed by atoms with Crippen molar-refractivity contribution in [2.45, 2.75) is 25.8 Å². The highest BCUT2D eigenvalue weighted by atomic mass is 32.2. The first-order chi connectivity index (χ1) is 7.45. The van der Waals surface area contributed by atoms with Gasteiger partial charge in [-0.05, 0) is 6.42 Å². The van der Waals surface area contributed by atoms with Gasteiger partial charge in [-0.1, -0.05) is 18.1 Å². The van der Waals surface area contributed by atoms with Gasteiger partial charge in [-0.2, -0.15) is 0 Å². The molecular formula is C10H18N2O3S. The molecule has 0 aliphatic carbocycles. The van der Waals surface area contributed by atoms with Crippen LogP contribution in [0.5, 0.6) is 0 Å². The van der Waals surface area contributed by atoms with Gasteiger partial charge in [0.15, 0.2) is 0 Å². The van der Waals surface area contributed by atoms with Crippen molar-refractivity contribution in [1.29, 1.82) is 0 Å². The van der Waals surface area contributed by atoms with Crippen LogP contribution in [0.2, 0.25) is 0 Å². The normalized spacial score (nSPS) is 24.6. The zero-order valence-electron chi connectivity index (χ0n) is 9.64. The molecule has 2 N–H and O–H groups in total. The number of amides is 2. The van der Waals surface area contributed by atoms with Crippen LogP contribution in [-0.4, -0.2) is 45.9 Å². The average Bonchev–Trinajstić information content (AvgIpc) is 2.46. The summed E-state index contributed by atoms with van der Waals surface area (Å²) >= 11 is -0.906. The van der Waals surface area contributed by atoms with Crippen LogP contribution in [0.3, 0.4) is 0 Å². The summed E-state index contributed by atoms with van der Waals surface area (Å²) in [5, 5.41) is 0. The lowest BCUT2D eigenvalue weighted by Gasteiger charge is -2.24. The van der Waals surface area contributed by atoms with Crippen molar-refractivity contribution < 1.29 is 14.1 Å². The van der Waals surface area contributed by atoms with E-state index in [1.54, 1.807) is 6.26 Å². The van der Waals surface area contributed by atoms with E-state index in [2.05, 4.69) is 0 Å². The fourth-order valence-corrected chi connectivity index (χ4v) is 3.02. The van der Waals surface area contributed by atoms with Crippen LogP contribution in [0.15, 0.2) is 0 Å². The van der Waals surface area contributed by atoms with Crippen molar-refractivity contribution in [3.8, 4) is 0 Å². The summed E-state index contributed by atoms with van der Waals surface area (Å²) in [5.74, 6) is 0.0826. The van der Waals surface area contributed by atoms with E-state index in [0.717, 1.165) is 0 Å². The van der Waals surface area contributed by atoms with Crippen molar-refractivity contribution >= 4 is 23.0 Å². The molecule has 1 fully saturated rings. The first kappa shape index (κ1) is 13.3. The SMILES string of the molecule is CC[C@@H](C(N)=O)N1CC(C[S+](C)[O-])CC1=O. The molecule has 1 aliphatic heterocycles. The van der Waals surface area contributed by atoms with E-state index in [0.29, 0.717) is 25.1 Å². The number of rotatable bonds is 5. The summed E-state index contributed by atoms with van der Waals surface area (Å²) in [7, 11) is 0. The summed E-state index contributed by atoms with van der Waals surface area (Å²) in [6, 6.07) is -0.511. The van der Waals surface area contributed by atoms with E-state index >= 15 is 0 Å². The molecule has 1 rings (SSSR count). The Kier molecular flexibility index (Phi) is 4.61. The molecule has 92 valence electrons. The largest absolute Gasteiger partial charge is 0.617 e. The van der Waals surface area contributed by atoms with Crippen LogP contribution >= 0.6 is 0 Å². The smallest absolute Gasteiger partial charge is 0.240 e. The molecule has 0 spiro atoms. The Morgan fingerprint density at radius 1 is 1.75 bits per heavy atom. The van der Waals surface area contributed by atoms with Crippen LogP contribution in [0.25, 0.3) is 0 Å². The maximum Gasteiger partial charge on any atom is 0.240 e. The Bertz CT molecular complexity index is 283. The third kappa shape index (κ3) is 3.12. The second-order valence-corrected chi connectivity index (χ2v) is 5.66.